The van der Waals surface area contributed by atoms with E-state index in [1.54, 1.807) is 0 Å². The molecule has 0 amide bonds. The fourth-order valence-corrected chi connectivity index (χ4v) is 3.60. The summed E-state index contributed by atoms with van der Waals surface area (Å²) in [4.78, 5) is 6.28. The van der Waals surface area contributed by atoms with Crippen LogP contribution in [0.4, 0.5) is 5.13 Å². The molecule has 100 valence electrons. The number of hydrogen-bond donors (Lipinski definition) is 1. The summed E-state index contributed by atoms with van der Waals surface area (Å²) in [5.41, 5.74) is 2.66. The van der Waals surface area contributed by atoms with Crippen molar-refractivity contribution in [1.29, 1.82) is 0 Å². The van der Waals surface area contributed by atoms with Crippen LogP contribution in [0, 0.1) is 0 Å². The van der Waals surface area contributed by atoms with Gasteiger partial charge >= 0.3 is 0 Å². The fourth-order valence-electron chi connectivity index (χ4n) is 2.55. The third-order valence-electron chi connectivity index (χ3n) is 3.63. The maximum absolute atomic E-state index is 4.77. The van der Waals surface area contributed by atoms with E-state index in [2.05, 4.69) is 35.6 Å². The molecule has 0 atom stereocenters. The smallest absolute Gasteiger partial charge is 0.183 e. The van der Waals surface area contributed by atoms with E-state index < -0.39 is 0 Å². The summed E-state index contributed by atoms with van der Waals surface area (Å²) >= 11 is 1.85. The van der Waals surface area contributed by atoms with E-state index in [4.69, 9.17) is 4.98 Å². The summed E-state index contributed by atoms with van der Waals surface area (Å²) in [7, 11) is 0. The number of thiazole rings is 1. The van der Waals surface area contributed by atoms with Crippen molar-refractivity contribution in [2.24, 2.45) is 0 Å². The second kappa shape index (κ2) is 6.20. The van der Waals surface area contributed by atoms with Crippen LogP contribution in [0.15, 0.2) is 30.3 Å². The van der Waals surface area contributed by atoms with Crippen molar-refractivity contribution in [3.63, 3.8) is 0 Å². The molecule has 0 bridgehead atoms. The number of rotatable bonds is 3. The molecule has 2 aromatic rings. The first-order valence-corrected chi connectivity index (χ1v) is 8.00. The summed E-state index contributed by atoms with van der Waals surface area (Å²) in [5, 5.41) is 4.56. The van der Waals surface area contributed by atoms with E-state index in [0.717, 1.165) is 11.7 Å². The second-order valence-electron chi connectivity index (χ2n) is 5.14. The van der Waals surface area contributed by atoms with Crippen LogP contribution in [0.2, 0.25) is 0 Å². The number of anilines is 1. The van der Waals surface area contributed by atoms with Gasteiger partial charge in [0.15, 0.2) is 5.13 Å². The lowest BCUT2D eigenvalue weighted by Crippen LogP contribution is -1.99. The number of nitrogens with zero attached hydrogens (tertiary/aromatic N) is 1. The van der Waals surface area contributed by atoms with E-state index >= 15 is 0 Å². The van der Waals surface area contributed by atoms with E-state index in [1.165, 1.54) is 54.7 Å². The lowest BCUT2D eigenvalue weighted by atomic mass is 10.0. The van der Waals surface area contributed by atoms with Crippen molar-refractivity contribution >= 4 is 16.5 Å². The molecule has 0 fully saturated rings. The maximum atomic E-state index is 4.77. The molecule has 0 radical (unpaired) electrons. The molecule has 19 heavy (non-hydrogen) atoms. The SMILES string of the molecule is c1ccc(CNc2nc3c(s2)CCCCCC3)cc1. The van der Waals surface area contributed by atoms with E-state index in [1.807, 2.05) is 11.3 Å². The molecule has 1 N–H and O–H groups in total. The normalized spacial score (nSPS) is 15.4. The van der Waals surface area contributed by atoms with Crippen LogP contribution < -0.4 is 5.32 Å². The molecule has 1 aromatic carbocycles. The molecule has 1 aliphatic carbocycles. The van der Waals surface area contributed by atoms with Gasteiger partial charge in [-0.3, -0.25) is 0 Å². The standard InChI is InChI=1S/C16H20N2S/c1-2-7-11-15-14(10-6-1)18-16(19-15)17-12-13-8-4-3-5-9-13/h3-5,8-9H,1-2,6-7,10-12H2,(H,17,18). The topological polar surface area (TPSA) is 24.9 Å². The number of aryl methyl sites for hydroxylation is 2. The highest BCUT2D eigenvalue weighted by Crippen LogP contribution is 2.28. The monoisotopic (exact) mass is 272 g/mol. The molecule has 0 aliphatic heterocycles. The summed E-state index contributed by atoms with van der Waals surface area (Å²) in [5.74, 6) is 0. The van der Waals surface area contributed by atoms with Gasteiger partial charge in [0.1, 0.15) is 0 Å². The Morgan fingerprint density at radius 3 is 2.63 bits per heavy atom. The maximum Gasteiger partial charge on any atom is 0.183 e. The zero-order valence-electron chi connectivity index (χ0n) is 11.2. The molecule has 1 aliphatic rings. The van der Waals surface area contributed by atoms with Crippen molar-refractivity contribution in [3.8, 4) is 0 Å². The van der Waals surface area contributed by atoms with Crippen LogP contribution in [0.3, 0.4) is 0 Å². The highest BCUT2D eigenvalue weighted by Gasteiger charge is 2.12. The molecule has 0 spiro atoms. The van der Waals surface area contributed by atoms with Crippen molar-refractivity contribution in [2.75, 3.05) is 5.32 Å². The third-order valence-corrected chi connectivity index (χ3v) is 4.75. The van der Waals surface area contributed by atoms with Crippen molar-refractivity contribution in [3.05, 3.63) is 46.5 Å². The Bertz CT molecular complexity index is 493. The molecular weight excluding hydrogens is 252 g/mol. The molecule has 1 heterocycles. The van der Waals surface area contributed by atoms with Crippen LogP contribution in [-0.4, -0.2) is 4.98 Å². The Morgan fingerprint density at radius 2 is 1.79 bits per heavy atom. The van der Waals surface area contributed by atoms with E-state index in [9.17, 15) is 0 Å². The van der Waals surface area contributed by atoms with Gasteiger partial charge < -0.3 is 5.32 Å². The molecule has 3 heteroatoms. The third kappa shape index (κ3) is 3.35. The van der Waals surface area contributed by atoms with Gasteiger partial charge in [-0.25, -0.2) is 4.98 Å². The fraction of sp³-hybridized carbons (Fsp3) is 0.438. The summed E-state index contributed by atoms with van der Waals surface area (Å²) < 4.78 is 0. The molecule has 2 nitrogen and oxygen atoms in total. The molecule has 0 unspecified atom stereocenters. The Hall–Kier alpha value is -1.35. The Kier molecular flexibility index (Phi) is 4.13. The molecule has 1 aromatic heterocycles. The van der Waals surface area contributed by atoms with E-state index in [0.29, 0.717) is 0 Å². The number of nitrogens with one attached hydrogen (secondary N) is 1. The van der Waals surface area contributed by atoms with Crippen LogP contribution in [0.25, 0.3) is 0 Å². The van der Waals surface area contributed by atoms with Gasteiger partial charge in [0.05, 0.1) is 5.69 Å². The van der Waals surface area contributed by atoms with Crippen LogP contribution in [-0.2, 0) is 19.4 Å². The average Bonchev–Trinajstić information content (AvgIpc) is 2.79. The number of aromatic nitrogens is 1. The van der Waals surface area contributed by atoms with Crippen LogP contribution in [0.5, 0.6) is 0 Å². The first-order chi connectivity index (χ1) is 9.42. The summed E-state index contributed by atoms with van der Waals surface area (Å²) in [6.07, 6.45) is 7.76. The molecular formula is C16H20N2S. The van der Waals surface area contributed by atoms with Crippen molar-refractivity contribution < 1.29 is 0 Å². The molecule has 3 rings (SSSR count). The minimum absolute atomic E-state index is 0.868. The summed E-state index contributed by atoms with van der Waals surface area (Å²) in [6.45, 7) is 0.868. The highest BCUT2D eigenvalue weighted by molar-refractivity contribution is 7.15. The van der Waals surface area contributed by atoms with Crippen LogP contribution in [0.1, 0.15) is 41.8 Å². The van der Waals surface area contributed by atoms with Gasteiger partial charge in [-0.15, -0.1) is 11.3 Å². The van der Waals surface area contributed by atoms with Gasteiger partial charge in [-0.05, 0) is 31.2 Å². The van der Waals surface area contributed by atoms with Crippen LogP contribution >= 0.6 is 11.3 Å². The predicted molar refractivity (Wildman–Crippen MR) is 81.8 cm³/mol. The van der Waals surface area contributed by atoms with Gasteiger partial charge in [-0.1, -0.05) is 43.2 Å². The summed E-state index contributed by atoms with van der Waals surface area (Å²) in [6, 6.07) is 10.5. The quantitative estimate of drug-likeness (QED) is 0.895. The molecule has 0 saturated heterocycles. The van der Waals surface area contributed by atoms with Crippen molar-refractivity contribution in [2.45, 2.75) is 45.1 Å². The van der Waals surface area contributed by atoms with Gasteiger partial charge in [0, 0.05) is 11.4 Å². The molecule has 0 saturated carbocycles. The first kappa shape index (κ1) is 12.7. The lowest BCUT2D eigenvalue weighted by molar-refractivity contribution is 0.616. The Labute approximate surface area is 118 Å². The number of fused-ring (bicyclic) bond motifs is 1. The van der Waals surface area contributed by atoms with Crippen molar-refractivity contribution in [1.82, 2.24) is 4.98 Å². The predicted octanol–water partition coefficient (Wildman–Crippen LogP) is 4.41. The number of hydrogen-bond acceptors (Lipinski definition) is 3. The number of benzene rings is 1. The van der Waals surface area contributed by atoms with Gasteiger partial charge in [0.2, 0.25) is 0 Å². The first-order valence-electron chi connectivity index (χ1n) is 7.18. The average molecular weight is 272 g/mol. The van der Waals surface area contributed by atoms with E-state index in [-0.39, 0.29) is 0 Å². The second-order valence-corrected chi connectivity index (χ2v) is 6.23. The highest BCUT2D eigenvalue weighted by atomic mass is 32.1. The van der Waals surface area contributed by atoms with Gasteiger partial charge in [0.25, 0.3) is 0 Å². The minimum Gasteiger partial charge on any atom is -0.357 e. The zero-order chi connectivity index (χ0) is 12.9. The zero-order valence-corrected chi connectivity index (χ0v) is 12.0. The Morgan fingerprint density at radius 1 is 1.00 bits per heavy atom. The van der Waals surface area contributed by atoms with Gasteiger partial charge in [-0.2, -0.15) is 0 Å². The Balaban J connectivity index is 1.67. The minimum atomic E-state index is 0.868. The lowest BCUT2D eigenvalue weighted by Gasteiger charge is -2.06. The largest absolute Gasteiger partial charge is 0.357 e.